The zero-order chi connectivity index (χ0) is 21.8. The molecule has 3 amide bonds. The molecule has 0 aromatic heterocycles. The number of carbonyl (C=O) groups excluding carboxylic acids is 3. The first kappa shape index (κ1) is 22.2. The molecule has 156 valence electrons. The normalized spacial score (nSPS) is 15.0. The number of phenolic OH excluding ortho intramolecular Hbond substituents is 1. The summed E-state index contributed by atoms with van der Waals surface area (Å²) in [5.74, 6) is -0.843. The second kappa shape index (κ2) is 9.55. The Hall–Kier alpha value is -2.49. The van der Waals surface area contributed by atoms with Gasteiger partial charge in [-0.3, -0.25) is 19.3 Å². The van der Waals surface area contributed by atoms with Gasteiger partial charge in [-0.05, 0) is 76.6 Å². The second-order valence-electron chi connectivity index (χ2n) is 6.11. The fourth-order valence-electron chi connectivity index (χ4n) is 2.60. The molecule has 0 radical (unpaired) electrons. The predicted octanol–water partition coefficient (Wildman–Crippen LogP) is 4.88. The van der Waals surface area contributed by atoms with E-state index in [1.807, 2.05) is 0 Å². The van der Waals surface area contributed by atoms with Crippen molar-refractivity contribution < 1.29 is 24.2 Å². The van der Waals surface area contributed by atoms with Crippen molar-refractivity contribution in [1.29, 1.82) is 0 Å². The van der Waals surface area contributed by atoms with Crippen LogP contribution in [0.25, 0.3) is 6.08 Å². The maximum Gasteiger partial charge on any atom is 0.294 e. The van der Waals surface area contributed by atoms with Gasteiger partial charge >= 0.3 is 0 Å². The average molecular weight is 512 g/mol. The van der Waals surface area contributed by atoms with Gasteiger partial charge in [-0.1, -0.05) is 17.7 Å². The van der Waals surface area contributed by atoms with E-state index in [0.717, 1.165) is 16.7 Å². The van der Waals surface area contributed by atoms with E-state index in [1.54, 1.807) is 37.3 Å². The maximum absolute atomic E-state index is 12.6. The van der Waals surface area contributed by atoms with Gasteiger partial charge < -0.3 is 15.2 Å². The van der Waals surface area contributed by atoms with Gasteiger partial charge in [-0.2, -0.15) is 0 Å². The quantitative estimate of drug-likeness (QED) is 0.537. The number of nitrogens with one attached hydrogen (secondary N) is 1. The van der Waals surface area contributed by atoms with E-state index >= 15 is 0 Å². The summed E-state index contributed by atoms with van der Waals surface area (Å²) >= 11 is 10.00. The van der Waals surface area contributed by atoms with Gasteiger partial charge in [-0.25, -0.2) is 0 Å². The Morgan fingerprint density at radius 2 is 2.07 bits per heavy atom. The van der Waals surface area contributed by atoms with Crippen LogP contribution in [0.15, 0.2) is 45.8 Å². The summed E-state index contributed by atoms with van der Waals surface area (Å²) < 4.78 is 6.00. The molecule has 2 aromatic rings. The molecule has 7 nitrogen and oxygen atoms in total. The second-order valence-corrected chi connectivity index (χ2v) is 8.36. The monoisotopic (exact) mass is 510 g/mol. The highest BCUT2D eigenvalue weighted by Crippen LogP contribution is 2.34. The number of hydrogen-bond donors (Lipinski definition) is 2. The Morgan fingerprint density at radius 1 is 1.30 bits per heavy atom. The number of rotatable bonds is 6. The molecule has 1 fully saturated rings. The molecule has 3 rings (SSSR count). The molecule has 0 bridgehead atoms. The first-order valence-corrected chi connectivity index (χ1v) is 10.7. The summed E-state index contributed by atoms with van der Waals surface area (Å²) in [6, 6.07) is 9.47. The van der Waals surface area contributed by atoms with Gasteiger partial charge in [0.2, 0.25) is 5.91 Å². The number of phenols is 1. The summed E-state index contributed by atoms with van der Waals surface area (Å²) in [6.45, 7) is 1.73. The summed E-state index contributed by atoms with van der Waals surface area (Å²) in [4.78, 5) is 38.2. The lowest BCUT2D eigenvalue weighted by molar-refractivity contribution is -0.127. The van der Waals surface area contributed by atoms with Crippen LogP contribution >= 0.6 is 39.3 Å². The Kier molecular flexibility index (Phi) is 7.06. The molecule has 0 aliphatic carbocycles. The van der Waals surface area contributed by atoms with Crippen LogP contribution in [0.2, 0.25) is 5.02 Å². The lowest BCUT2D eigenvalue weighted by Gasteiger charge is -2.12. The minimum absolute atomic E-state index is 0.0215. The van der Waals surface area contributed by atoms with Crippen LogP contribution in [0.4, 0.5) is 10.5 Å². The molecule has 0 unspecified atom stereocenters. The highest BCUT2D eigenvalue weighted by molar-refractivity contribution is 9.10. The molecule has 0 spiro atoms. The van der Waals surface area contributed by atoms with Crippen molar-refractivity contribution >= 4 is 68.1 Å². The molecule has 30 heavy (non-hydrogen) atoms. The van der Waals surface area contributed by atoms with Crippen molar-refractivity contribution in [3.63, 3.8) is 0 Å². The molecule has 10 heteroatoms. The third-order valence-electron chi connectivity index (χ3n) is 3.96. The molecular weight excluding hydrogens is 496 g/mol. The van der Waals surface area contributed by atoms with Crippen molar-refractivity contribution in [3.8, 4) is 11.5 Å². The number of carbonyl (C=O) groups is 3. The lowest BCUT2D eigenvalue weighted by Crippen LogP contribution is -2.36. The van der Waals surface area contributed by atoms with Gasteiger partial charge in [0.1, 0.15) is 6.54 Å². The summed E-state index contributed by atoms with van der Waals surface area (Å²) in [5.41, 5.74) is 1.03. The Morgan fingerprint density at radius 3 is 2.77 bits per heavy atom. The van der Waals surface area contributed by atoms with Crippen LogP contribution in [0.1, 0.15) is 12.5 Å². The third-order valence-corrected chi connectivity index (χ3v) is 6.10. The molecule has 1 aliphatic heterocycles. The van der Waals surface area contributed by atoms with E-state index in [2.05, 4.69) is 21.2 Å². The number of thioether (sulfide) groups is 1. The van der Waals surface area contributed by atoms with Gasteiger partial charge in [0.15, 0.2) is 11.5 Å². The van der Waals surface area contributed by atoms with E-state index in [0.29, 0.717) is 27.4 Å². The van der Waals surface area contributed by atoms with Crippen LogP contribution in [0, 0.1) is 0 Å². The van der Waals surface area contributed by atoms with Crippen molar-refractivity contribution in [1.82, 2.24) is 4.90 Å². The number of benzene rings is 2. The highest BCUT2D eigenvalue weighted by Gasteiger charge is 2.36. The van der Waals surface area contributed by atoms with E-state index in [-0.39, 0.29) is 16.4 Å². The first-order valence-electron chi connectivity index (χ1n) is 8.74. The van der Waals surface area contributed by atoms with Gasteiger partial charge in [-0.15, -0.1) is 0 Å². The zero-order valence-electron chi connectivity index (χ0n) is 15.6. The third kappa shape index (κ3) is 5.16. The molecule has 2 N–H and O–H groups in total. The number of imide groups is 1. The number of anilines is 1. The molecule has 2 aromatic carbocycles. The first-order chi connectivity index (χ1) is 14.3. The molecule has 1 aliphatic rings. The Balaban J connectivity index is 1.71. The SMILES string of the molecule is CCOc1cc(/C=C2/SC(=O)N(CC(=O)Nc3ccc(Br)c(Cl)c3)C2=O)ccc1O. The van der Waals surface area contributed by atoms with Crippen LogP contribution in [-0.2, 0) is 9.59 Å². The van der Waals surface area contributed by atoms with Crippen LogP contribution in [0.3, 0.4) is 0 Å². The fourth-order valence-corrected chi connectivity index (χ4v) is 3.86. The molecular formula is C20H16BrClN2O5S. The summed E-state index contributed by atoms with van der Waals surface area (Å²) in [6.07, 6.45) is 1.51. The van der Waals surface area contributed by atoms with Crippen molar-refractivity contribution in [2.24, 2.45) is 0 Å². The summed E-state index contributed by atoms with van der Waals surface area (Å²) in [7, 11) is 0. The molecule has 0 saturated carbocycles. The van der Waals surface area contributed by atoms with Gasteiger partial charge in [0, 0.05) is 10.2 Å². The highest BCUT2D eigenvalue weighted by atomic mass is 79.9. The fraction of sp³-hybridized carbons (Fsp3) is 0.150. The molecule has 1 saturated heterocycles. The number of ether oxygens (including phenoxy) is 1. The summed E-state index contributed by atoms with van der Waals surface area (Å²) in [5, 5.41) is 12.3. The zero-order valence-corrected chi connectivity index (χ0v) is 18.8. The van der Waals surface area contributed by atoms with Crippen LogP contribution in [0.5, 0.6) is 11.5 Å². The number of aromatic hydroxyl groups is 1. The maximum atomic E-state index is 12.6. The van der Waals surface area contributed by atoms with Crippen molar-refractivity contribution in [2.45, 2.75) is 6.92 Å². The topological polar surface area (TPSA) is 95.9 Å². The number of halogens is 2. The van der Waals surface area contributed by atoms with Crippen LogP contribution < -0.4 is 10.1 Å². The van der Waals surface area contributed by atoms with E-state index in [9.17, 15) is 19.5 Å². The smallest absolute Gasteiger partial charge is 0.294 e. The number of amides is 3. The van der Waals surface area contributed by atoms with Crippen molar-refractivity contribution in [3.05, 3.63) is 56.4 Å². The number of nitrogens with zero attached hydrogens (tertiary/aromatic N) is 1. The van der Waals surface area contributed by atoms with Crippen LogP contribution in [-0.4, -0.2) is 40.2 Å². The lowest BCUT2D eigenvalue weighted by atomic mass is 10.2. The van der Waals surface area contributed by atoms with Gasteiger partial charge in [0.05, 0.1) is 16.5 Å². The minimum Gasteiger partial charge on any atom is -0.504 e. The van der Waals surface area contributed by atoms with E-state index in [4.69, 9.17) is 16.3 Å². The molecule has 0 atom stereocenters. The largest absolute Gasteiger partial charge is 0.504 e. The minimum atomic E-state index is -0.569. The van der Waals surface area contributed by atoms with Gasteiger partial charge in [0.25, 0.3) is 11.1 Å². The van der Waals surface area contributed by atoms with E-state index < -0.39 is 23.6 Å². The predicted molar refractivity (Wildman–Crippen MR) is 120 cm³/mol. The molecule has 1 heterocycles. The standard InChI is InChI=1S/C20H16BrClN2O5S/c1-2-29-16-7-11(3-6-15(16)25)8-17-19(27)24(20(28)30-17)10-18(26)23-12-4-5-13(21)14(22)9-12/h3-9,25H,2,10H2,1H3,(H,23,26)/b17-8+. The number of hydrogen-bond acceptors (Lipinski definition) is 6. The average Bonchev–Trinajstić information content (AvgIpc) is 2.95. The Bertz CT molecular complexity index is 1060. The van der Waals surface area contributed by atoms with E-state index in [1.165, 1.54) is 12.1 Å². The van der Waals surface area contributed by atoms with Crippen molar-refractivity contribution in [2.75, 3.05) is 18.5 Å². The Labute approximate surface area is 190 Å².